The highest BCUT2D eigenvalue weighted by Gasteiger charge is 2.29. The third-order valence-electron chi connectivity index (χ3n) is 4.37. The van der Waals surface area contributed by atoms with Crippen LogP contribution in [0.3, 0.4) is 0 Å². The number of aliphatic carboxylic acids is 1. The molecule has 2 rings (SSSR count). The fourth-order valence-corrected chi connectivity index (χ4v) is 3.02. The van der Waals surface area contributed by atoms with E-state index in [1.165, 1.54) is 9.80 Å². The van der Waals surface area contributed by atoms with E-state index in [0.29, 0.717) is 30.7 Å². The molecule has 148 valence electrons. The Morgan fingerprint density at radius 3 is 2.41 bits per heavy atom. The van der Waals surface area contributed by atoms with Crippen LogP contribution in [0.15, 0.2) is 24.3 Å². The fraction of sp³-hybridized carbons (Fsp3) is 0.550. The Hall–Kier alpha value is -2.57. The van der Waals surface area contributed by atoms with Crippen LogP contribution in [0.1, 0.15) is 44.0 Å². The van der Waals surface area contributed by atoms with Crippen molar-refractivity contribution in [3.8, 4) is 5.75 Å². The van der Waals surface area contributed by atoms with E-state index < -0.39 is 11.9 Å². The molecule has 0 spiro atoms. The summed E-state index contributed by atoms with van der Waals surface area (Å²) in [6, 6.07) is 6.81. The van der Waals surface area contributed by atoms with E-state index in [1.54, 1.807) is 31.3 Å². The van der Waals surface area contributed by atoms with E-state index >= 15 is 0 Å². The van der Waals surface area contributed by atoms with Gasteiger partial charge in [-0.25, -0.2) is 0 Å². The molecule has 1 heterocycles. The van der Waals surface area contributed by atoms with Crippen LogP contribution in [-0.4, -0.2) is 65.0 Å². The number of hydrogen-bond donors (Lipinski definition) is 1. The van der Waals surface area contributed by atoms with Crippen molar-refractivity contribution in [1.82, 2.24) is 9.80 Å². The highest BCUT2D eigenvalue weighted by molar-refractivity contribution is 5.96. The Labute approximate surface area is 159 Å². The van der Waals surface area contributed by atoms with Crippen LogP contribution >= 0.6 is 0 Å². The number of carboxylic acid groups (broad SMARTS) is 1. The topological polar surface area (TPSA) is 87.2 Å². The number of hydrogen-bond acceptors (Lipinski definition) is 4. The van der Waals surface area contributed by atoms with Crippen LogP contribution < -0.4 is 4.74 Å². The molecule has 2 amide bonds. The molecule has 27 heavy (non-hydrogen) atoms. The summed E-state index contributed by atoms with van der Waals surface area (Å²) >= 11 is 0. The average molecular weight is 376 g/mol. The lowest BCUT2D eigenvalue weighted by Gasteiger charge is -2.32. The van der Waals surface area contributed by atoms with Crippen molar-refractivity contribution in [2.75, 3.05) is 26.7 Å². The van der Waals surface area contributed by atoms with E-state index in [2.05, 4.69) is 0 Å². The van der Waals surface area contributed by atoms with Gasteiger partial charge in [-0.15, -0.1) is 0 Å². The molecular formula is C20H28N2O5. The van der Waals surface area contributed by atoms with Crippen molar-refractivity contribution in [2.24, 2.45) is 5.92 Å². The first-order chi connectivity index (χ1) is 12.6. The molecule has 1 aromatic carbocycles. The molecule has 1 aliphatic heterocycles. The quantitative estimate of drug-likeness (QED) is 0.852. The number of likely N-dealkylation sites (tertiary alicyclic amines) is 1. The van der Waals surface area contributed by atoms with Crippen LogP contribution in [0.4, 0.5) is 0 Å². The lowest BCUT2D eigenvalue weighted by Crippen LogP contribution is -2.46. The standard InChI is InChI=1S/C20H28N2O5/c1-20(2,3)27-16-9-7-14(8-10-16)18(24)21(4)13-17(23)22-11-5-6-15(12-22)19(25)26/h7-10,15H,5-6,11-13H2,1-4H3,(H,25,26). The Morgan fingerprint density at radius 1 is 1.22 bits per heavy atom. The zero-order chi connectivity index (χ0) is 20.2. The normalized spacial score (nSPS) is 17.3. The number of carboxylic acids is 1. The molecule has 1 aliphatic rings. The van der Waals surface area contributed by atoms with Crippen molar-refractivity contribution < 1.29 is 24.2 Å². The Kier molecular flexibility index (Phi) is 6.46. The summed E-state index contributed by atoms with van der Waals surface area (Å²) in [5.74, 6) is -1.23. The van der Waals surface area contributed by atoms with Crippen LogP contribution in [0, 0.1) is 5.92 Å². The van der Waals surface area contributed by atoms with E-state index in [1.807, 2.05) is 20.8 Å². The number of rotatable bonds is 5. The second kappa shape index (κ2) is 8.41. The van der Waals surface area contributed by atoms with Crippen LogP contribution in [0.25, 0.3) is 0 Å². The predicted octanol–water partition coefficient (Wildman–Crippen LogP) is 2.26. The largest absolute Gasteiger partial charge is 0.488 e. The molecular weight excluding hydrogens is 348 g/mol. The first-order valence-corrected chi connectivity index (χ1v) is 9.12. The molecule has 0 aromatic heterocycles. The highest BCUT2D eigenvalue weighted by atomic mass is 16.5. The second-order valence-corrected chi connectivity index (χ2v) is 7.92. The fourth-order valence-electron chi connectivity index (χ4n) is 3.02. The van der Waals surface area contributed by atoms with Crippen LogP contribution in [0.2, 0.25) is 0 Å². The lowest BCUT2D eigenvalue weighted by molar-refractivity contribution is -0.145. The zero-order valence-corrected chi connectivity index (χ0v) is 16.4. The van der Waals surface area contributed by atoms with Gasteiger partial charge in [-0.3, -0.25) is 14.4 Å². The molecule has 0 radical (unpaired) electrons. The molecule has 0 bridgehead atoms. The highest BCUT2D eigenvalue weighted by Crippen LogP contribution is 2.20. The second-order valence-electron chi connectivity index (χ2n) is 7.92. The van der Waals surface area contributed by atoms with Gasteiger partial charge in [0.1, 0.15) is 11.4 Å². The summed E-state index contributed by atoms with van der Waals surface area (Å²) in [7, 11) is 1.57. The molecule has 1 aromatic rings. The number of nitrogens with zero attached hydrogens (tertiary/aromatic N) is 2. The molecule has 1 unspecified atom stereocenters. The van der Waals surface area contributed by atoms with Gasteiger partial charge in [0.2, 0.25) is 5.91 Å². The zero-order valence-electron chi connectivity index (χ0n) is 16.4. The van der Waals surface area contributed by atoms with Crippen molar-refractivity contribution >= 4 is 17.8 Å². The van der Waals surface area contributed by atoms with Gasteiger partial charge in [0, 0.05) is 25.7 Å². The third-order valence-corrected chi connectivity index (χ3v) is 4.37. The van der Waals surface area contributed by atoms with Gasteiger partial charge in [0.25, 0.3) is 5.91 Å². The minimum Gasteiger partial charge on any atom is -0.488 e. The molecule has 7 nitrogen and oxygen atoms in total. The molecule has 1 saturated heterocycles. The average Bonchev–Trinajstić information content (AvgIpc) is 2.60. The van der Waals surface area contributed by atoms with Gasteiger partial charge in [-0.2, -0.15) is 0 Å². The maximum Gasteiger partial charge on any atom is 0.308 e. The number of carbonyl (C=O) groups excluding carboxylic acids is 2. The summed E-state index contributed by atoms with van der Waals surface area (Å²) in [6.45, 7) is 6.49. The molecule has 0 saturated carbocycles. The maximum atomic E-state index is 12.6. The number of ether oxygens (including phenoxy) is 1. The minimum absolute atomic E-state index is 0.0780. The van der Waals surface area contributed by atoms with Gasteiger partial charge in [0.05, 0.1) is 12.5 Å². The summed E-state index contributed by atoms with van der Waals surface area (Å²) in [6.07, 6.45) is 1.24. The van der Waals surface area contributed by atoms with Crippen LogP contribution in [-0.2, 0) is 9.59 Å². The molecule has 1 N–H and O–H groups in total. The number of carbonyl (C=O) groups is 3. The Bertz CT molecular complexity index is 693. The van der Waals surface area contributed by atoms with Gasteiger partial charge < -0.3 is 19.6 Å². The van der Waals surface area contributed by atoms with Crippen molar-refractivity contribution in [3.63, 3.8) is 0 Å². The van der Waals surface area contributed by atoms with Gasteiger partial charge in [-0.1, -0.05) is 0 Å². The monoisotopic (exact) mass is 376 g/mol. The SMILES string of the molecule is CN(CC(=O)N1CCCC(C(=O)O)C1)C(=O)c1ccc(OC(C)(C)C)cc1. The molecule has 1 fully saturated rings. The summed E-state index contributed by atoms with van der Waals surface area (Å²) in [4.78, 5) is 39.0. The van der Waals surface area contributed by atoms with E-state index in [0.717, 1.165) is 0 Å². The van der Waals surface area contributed by atoms with Gasteiger partial charge >= 0.3 is 5.97 Å². The molecule has 0 aliphatic carbocycles. The van der Waals surface area contributed by atoms with Crippen molar-refractivity contribution in [1.29, 1.82) is 0 Å². The summed E-state index contributed by atoms with van der Waals surface area (Å²) in [5, 5.41) is 9.14. The first kappa shape index (κ1) is 20.7. The Balaban J connectivity index is 1.94. The smallest absolute Gasteiger partial charge is 0.308 e. The van der Waals surface area contributed by atoms with E-state index in [-0.39, 0.29) is 30.5 Å². The number of amides is 2. The lowest BCUT2D eigenvalue weighted by atomic mass is 9.98. The van der Waals surface area contributed by atoms with Crippen molar-refractivity contribution in [2.45, 2.75) is 39.2 Å². The van der Waals surface area contributed by atoms with Crippen LogP contribution in [0.5, 0.6) is 5.75 Å². The maximum absolute atomic E-state index is 12.6. The van der Waals surface area contributed by atoms with Crippen molar-refractivity contribution in [3.05, 3.63) is 29.8 Å². The number of likely N-dealkylation sites (N-methyl/N-ethyl adjacent to an activating group) is 1. The molecule has 7 heteroatoms. The third kappa shape index (κ3) is 5.98. The number of piperidine rings is 1. The number of benzene rings is 1. The summed E-state index contributed by atoms with van der Waals surface area (Å²) in [5.41, 5.74) is 0.144. The predicted molar refractivity (Wildman–Crippen MR) is 101 cm³/mol. The van der Waals surface area contributed by atoms with E-state index in [9.17, 15) is 14.4 Å². The van der Waals surface area contributed by atoms with Gasteiger partial charge in [0.15, 0.2) is 0 Å². The Morgan fingerprint density at radius 2 is 1.85 bits per heavy atom. The summed E-state index contributed by atoms with van der Waals surface area (Å²) < 4.78 is 5.74. The molecule has 1 atom stereocenters. The van der Waals surface area contributed by atoms with Gasteiger partial charge in [-0.05, 0) is 57.9 Å². The minimum atomic E-state index is -0.880. The first-order valence-electron chi connectivity index (χ1n) is 9.12. The van der Waals surface area contributed by atoms with E-state index in [4.69, 9.17) is 9.84 Å².